The van der Waals surface area contributed by atoms with Gasteiger partial charge < -0.3 is 10.6 Å². The van der Waals surface area contributed by atoms with Gasteiger partial charge in [-0.15, -0.1) is 0 Å². The van der Waals surface area contributed by atoms with Crippen molar-refractivity contribution in [3.8, 4) is 0 Å². The van der Waals surface area contributed by atoms with Gasteiger partial charge in [-0.2, -0.15) is 0 Å². The van der Waals surface area contributed by atoms with E-state index in [2.05, 4.69) is 10.6 Å². The van der Waals surface area contributed by atoms with Gasteiger partial charge in [0.1, 0.15) is 5.82 Å². The molecule has 2 rings (SSSR count). The van der Waals surface area contributed by atoms with Crippen molar-refractivity contribution >= 4 is 15.9 Å². The third-order valence-electron chi connectivity index (χ3n) is 3.81. The van der Waals surface area contributed by atoms with Crippen molar-refractivity contribution < 1.29 is 17.6 Å². The summed E-state index contributed by atoms with van der Waals surface area (Å²) >= 11 is 0. The van der Waals surface area contributed by atoms with Gasteiger partial charge in [0.25, 0.3) is 0 Å². The molecule has 0 aromatic heterocycles. The van der Waals surface area contributed by atoms with Crippen molar-refractivity contribution in [2.45, 2.75) is 24.3 Å². The lowest BCUT2D eigenvalue weighted by atomic mass is 10.1. The molecule has 0 saturated heterocycles. The van der Waals surface area contributed by atoms with E-state index >= 15 is 0 Å². The van der Waals surface area contributed by atoms with Crippen LogP contribution in [0.2, 0.25) is 0 Å². The van der Waals surface area contributed by atoms with E-state index in [1.807, 2.05) is 0 Å². The molecule has 0 spiro atoms. The van der Waals surface area contributed by atoms with Crippen LogP contribution in [0.1, 0.15) is 17.5 Å². The monoisotopic (exact) mass is 379 g/mol. The first kappa shape index (κ1) is 20.0. The summed E-state index contributed by atoms with van der Waals surface area (Å²) in [7, 11) is -3.67. The van der Waals surface area contributed by atoms with Crippen LogP contribution < -0.4 is 15.8 Å². The SMILES string of the molecule is NS(=O)(=O)c1ccc(CCNCCC(=O)NCc2ccccc2F)cc1. The Bertz CT molecular complexity index is 839. The Morgan fingerprint density at radius 1 is 1.04 bits per heavy atom. The standard InChI is InChI=1S/C18H22FN3O3S/c19-17-4-2-1-3-15(17)13-22-18(23)10-12-21-11-9-14-5-7-16(8-6-14)26(20,24)25/h1-8,21H,9-13H2,(H,22,23)(H2,20,24,25). The van der Waals surface area contributed by atoms with Gasteiger partial charge in [-0.05, 0) is 36.7 Å². The molecule has 1 amide bonds. The number of nitrogens with two attached hydrogens (primary N) is 1. The molecule has 0 aliphatic heterocycles. The zero-order valence-electron chi connectivity index (χ0n) is 14.2. The summed E-state index contributed by atoms with van der Waals surface area (Å²) in [4.78, 5) is 11.8. The number of benzene rings is 2. The van der Waals surface area contributed by atoms with Crippen molar-refractivity contribution in [2.24, 2.45) is 5.14 Å². The molecule has 2 aromatic rings. The topological polar surface area (TPSA) is 101 Å². The highest BCUT2D eigenvalue weighted by molar-refractivity contribution is 7.89. The van der Waals surface area contributed by atoms with Crippen molar-refractivity contribution in [3.05, 3.63) is 65.5 Å². The van der Waals surface area contributed by atoms with Crippen molar-refractivity contribution in [1.82, 2.24) is 10.6 Å². The number of hydrogen-bond acceptors (Lipinski definition) is 4. The average Bonchev–Trinajstić information content (AvgIpc) is 2.60. The van der Waals surface area contributed by atoms with Crippen molar-refractivity contribution in [1.29, 1.82) is 0 Å². The number of primary sulfonamides is 1. The van der Waals surface area contributed by atoms with E-state index in [1.54, 1.807) is 30.3 Å². The number of rotatable bonds is 9. The normalized spacial score (nSPS) is 11.3. The molecule has 0 atom stereocenters. The van der Waals surface area contributed by atoms with Gasteiger partial charge in [0.2, 0.25) is 15.9 Å². The minimum atomic E-state index is -3.67. The van der Waals surface area contributed by atoms with Crippen LogP contribution in [-0.4, -0.2) is 27.4 Å². The van der Waals surface area contributed by atoms with E-state index in [-0.39, 0.29) is 23.2 Å². The Morgan fingerprint density at radius 2 is 1.73 bits per heavy atom. The lowest BCUT2D eigenvalue weighted by molar-refractivity contribution is -0.121. The number of nitrogens with one attached hydrogen (secondary N) is 2. The van der Waals surface area contributed by atoms with E-state index in [1.165, 1.54) is 18.2 Å². The molecule has 0 fully saturated rings. The number of sulfonamides is 1. The summed E-state index contributed by atoms with van der Waals surface area (Å²) in [6, 6.07) is 12.7. The molecule has 0 unspecified atom stereocenters. The first-order valence-corrected chi connectivity index (χ1v) is 9.73. The second kappa shape index (κ2) is 9.42. The van der Waals surface area contributed by atoms with Gasteiger partial charge in [-0.3, -0.25) is 4.79 Å². The van der Waals surface area contributed by atoms with Gasteiger partial charge in [-0.25, -0.2) is 17.9 Å². The zero-order valence-corrected chi connectivity index (χ0v) is 15.1. The Kier molecular flexibility index (Phi) is 7.26. The van der Waals surface area contributed by atoms with Crippen LogP contribution in [0.3, 0.4) is 0 Å². The quantitative estimate of drug-likeness (QED) is 0.572. The second-order valence-electron chi connectivity index (χ2n) is 5.81. The molecular weight excluding hydrogens is 357 g/mol. The maximum absolute atomic E-state index is 13.4. The molecule has 6 nitrogen and oxygen atoms in total. The number of carbonyl (C=O) groups excluding carboxylic acids is 1. The summed E-state index contributed by atoms with van der Waals surface area (Å²) in [5.74, 6) is -0.488. The van der Waals surface area contributed by atoms with Gasteiger partial charge in [0, 0.05) is 25.1 Å². The highest BCUT2D eigenvalue weighted by atomic mass is 32.2. The molecule has 26 heavy (non-hydrogen) atoms. The number of halogens is 1. The maximum Gasteiger partial charge on any atom is 0.238 e. The first-order chi connectivity index (χ1) is 12.4. The van der Waals surface area contributed by atoms with Crippen molar-refractivity contribution in [2.75, 3.05) is 13.1 Å². The average molecular weight is 379 g/mol. The molecule has 0 bridgehead atoms. The van der Waals surface area contributed by atoms with Gasteiger partial charge >= 0.3 is 0 Å². The summed E-state index contributed by atoms with van der Waals surface area (Å²) < 4.78 is 35.8. The number of hydrogen-bond donors (Lipinski definition) is 3. The molecule has 0 saturated carbocycles. The summed E-state index contributed by atoms with van der Waals surface area (Å²) in [5.41, 5.74) is 1.42. The van der Waals surface area contributed by atoms with Crippen molar-refractivity contribution in [3.63, 3.8) is 0 Å². The van der Waals surface area contributed by atoms with Crippen LogP contribution in [0.15, 0.2) is 53.4 Å². The molecule has 140 valence electrons. The van der Waals surface area contributed by atoms with Crippen LogP contribution in [0, 0.1) is 5.82 Å². The fourth-order valence-corrected chi connectivity index (χ4v) is 2.84. The molecule has 0 aliphatic carbocycles. The third-order valence-corrected chi connectivity index (χ3v) is 4.73. The highest BCUT2D eigenvalue weighted by Crippen LogP contribution is 2.09. The molecular formula is C18H22FN3O3S. The zero-order chi connectivity index (χ0) is 19.0. The molecule has 0 aliphatic rings. The minimum Gasteiger partial charge on any atom is -0.352 e. The summed E-state index contributed by atoms with van der Waals surface area (Å²) in [5, 5.41) is 10.9. The Morgan fingerprint density at radius 3 is 2.38 bits per heavy atom. The van der Waals surface area contributed by atoms with E-state index in [4.69, 9.17) is 5.14 Å². The minimum absolute atomic E-state index is 0.0840. The van der Waals surface area contributed by atoms with Crippen LogP contribution in [0.25, 0.3) is 0 Å². The first-order valence-electron chi connectivity index (χ1n) is 8.19. The molecule has 2 aromatic carbocycles. The second-order valence-corrected chi connectivity index (χ2v) is 7.37. The fourth-order valence-electron chi connectivity index (χ4n) is 2.33. The predicted octanol–water partition coefficient (Wildman–Crippen LogP) is 1.31. The maximum atomic E-state index is 13.4. The molecule has 4 N–H and O–H groups in total. The van der Waals surface area contributed by atoms with Gasteiger partial charge in [-0.1, -0.05) is 30.3 Å². The fraction of sp³-hybridized carbons (Fsp3) is 0.278. The summed E-state index contributed by atoms with van der Waals surface area (Å²) in [6.45, 7) is 1.32. The van der Waals surface area contributed by atoms with Crippen LogP contribution in [-0.2, 0) is 27.8 Å². The van der Waals surface area contributed by atoms with Crippen LogP contribution in [0.5, 0.6) is 0 Å². The number of amides is 1. The van der Waals surface area contributed by atoms with E-state index in [0.717, 1.165) is 5.56 Å². The largest absolute Gasteiger partial charge is 0.352 e. The van der Waals surface area contributed by atoms with Crippen LogP contribution in [0.4, 0.5) is 4.39 Å². The lowest BCUT2D eigenvalue weighted by Gasteiger charge is -2.08. The lowest BCUT2D eigenvalue weighted by Crippen LogP contribution is -2.28. The molecule has 0 heterocycles. The van der Waals surface area contributed by atoms with Crippen LogP contribution >= 0.6 is 0 Å². The predicted molar refractivity (Wildman–Crippen MR) is 97.3 cm³/mol. The highest BCUT2D eigenvalue weighted by Gasteiger charge is 2.07. The summed E-state index contributed by atoms with van der Waals surface area (Å²) in [6.07, 6.45) is 0.987. The molecule has 8 heteroatoms. The number of carbonyl (C=O) groups is 1. The smallest absolute Gasteiger partial charge is 0.238 e. The Labute approximate surface area is 152 Å². The molecule has 0 radical (unpaired) electrons. The van der Waals surface area contributed by atoms with Gasteiger partial charge in [0.05, 0.1) is 4.90 Å². The van der Waals surface area contributed by atoms with E-state index < -0.39 is 10.0 Å². The Hall–Kier alpha value is -2.29. The Balaban J connectivity index is 1.63. The van der Waals surface area contributed by atoms with E-state index in [9.17, 15) is 17.6 Å². The van der Waals surface area contributed by atoms with E-state index in [0.29, 0.717) is 31.5 Å². The van der Waals surface area contributed by atoms with Gasteiger partial charge in [0.15, 0.2) is 0 Å². The third kappa shape index (κ3) is 6.55.